The van der Waals surface area contributed by atoms with E-state index in [-0.39, 0.29) is 57.4 Å². The summed E-state index contributed by atoms with van der Waals surface area (Å²) in [5.74, 6) is 1.71. The number of hydrogen-bond donors (Lipinski definition) is 1. The number of fused-ring (bicyclic) bond motifs is 6. The molecule has 1 N–H and O–H groups in total. The van der Waals surface area contributed by atoms with E-state index in [4.69, 9.17) is 9.47 Å². The fourth-order valence-electron chi connectivity index (χ4n) is 12.8. The van der Waals surface area contributed by atoms with Gasteiger partial charge in [-0.1, -0.05) is 73.3 Å². The van der Waals surface area contributed by atoms with Gasteiger partial charge in [-0.2, -0.15) is 0 Å². The van der Waals surface area contributed by atoms with Gasteiger partial charge in [-0.05, 0) is 110 Å². The Labute approximate surface area is 272 Å². The number of Topliss-reactive ketones (excluding diaryl/α,β-unsaturated/α-hetero) is 1. The number of esters is 1. The Kier molecular flexibility index (Phi) is 8.37. The largest absolute Gasteiger partial charge is 0.462 e. The zero-order valence-corrected chi connectivity index (χ0v) is 29.6. The highest BCUT2D eigenvalue weighted by atomic mass is 16.6. The van der Waals surface area contributed by atoms with Gasteiger partial charge < -0.3 is 14.8 Å². The van der Waals surface area contributed by atoms with Gasteiger partial charge in [0.25, 0.3) is 0 Å². The molecule has 5 fully saturated rings. The Morgan fingerprint density at radius 3 is 2.27 bits per heavy atom. The van der Waals surface area contributed by atoms with Crippen LogP contribution in [0.15, 0.2) is 11.1 Å². The number of nitrogens with one attached hydrogen (secondary N) is 1. The summed E-state index contributed by atoms with van der Waals surface area (Å²) in [4.78, 5) is 39.4. The Morgan fingerprint density at radius 2 is 1.60 bits per heavy atom. The average Bonchev–Trinajstić information content (AvgIpc) is 3.26. The Balaban J connectivity index is 1.33. The molecule has 0 heterocycles. The van der Waals surface area contributed by atoms with Gasteiger partial charge in [0.1, 0.15) is 11.9 Å². The average molecular weight is 624 g/mol. The third kappa shape index (κ3) is 5.04. The highest BCUT2D eigenvalue weighted by Gasteiger charge is 2.69. The zero-order valence-electron chi connectivity index (χ0n) is 29.6. The van der Waals surface area contributed by atoms with Crippen LogP contribution in [0.1, 0.15) is 145 Å². The molecule has 6 heteroatoms. The Hall–Kier alpha value is -1.85. The van der Waals surface area contributed by atoms with Crippen LogP contribution in [0.4, 0.5) is 4.79 Å². The first-order chi connectivity index (χ1) is 21.1. The van der Waals surface area contributed by atoms with E-state index in [1.54, 1.807) is 6.92 Å². The minimum atomic E-state index is -0.612. The van der Waals surface area contributed by atoms with E-state index >= 15 is 0 Å². The highest BCUT2D eigenvalue weighted by Crippen LogP contribution is 2.75. The van der Waals surface area contributed by atoms with Gasteiger partial charge in [-0.15, -0.1) is 0 Å². The maximum atomic E-state index is 13.9. The molecule has 0 aromatic heterocycles. The van der Waals surface area contributed by atoms with Crippen molar-refractivity contribution in [3.05, 3.63) is 11.1 Å². The molecule has 1 amide bonds. The number of allylic oxidation sites excluding steroid dienone is 1. The SMILES string of the molecule is CC(=O)O[C@H]1CC[C@@]2(C)C(CC[C@]3(C)C2CCC2=C4C(C(C)C)C(=O)C[C@]4(NC(=O)OCC4CCCCC4)CC[C@]23C)C1(C)C. The lowest BCUT2D eigenvalue weighted by Gasteiger charge is -2.70. The Bertz CT molecular complexity index is 1250. The fourth-order valence-corrected chi connectivity index (χ4v) is 12.8. The van der Waals surface area contributed by atoms with Crippen molar-refractivity contribution in [3.63, 3.8) is 0 Å². The molecule has 6 aliphatic carbocycles. The maximum absolute atomic E-state index is 13.9. The summed E-state index contributed by atoms with van der Waals surface area (Å²) < 4.78 is 11.8. The van der Waals surface area contributed by atoms with Crippen LogP contribution in [0.2, 0.25) is 0 Å². The van der Waals surface area contributed by atoms with Crippen LogP contribution in [0.5, 0.6) is 0 Å². The zero-order chi connectivity index (χ0) is 32.6. The highest BCUT2D eigenvalue weighted by molar-refractivity contribution is 5.92. The van der Waals surface area contributed by atoms with Crippen molar-refractivity contribution in [1.29, 1.82) is 0 Å². The van der Waals surface area contributed by atoms with Crippen LogP contribution in [-0.2, 0) is 19.1 Å². The van der Waals surface area contributed by atoms with E-state index in [9.17, 15) is 14.4 Å². The standard InChI is InChI=1S/C39H61NO5/c1-24(2)32-28(42)22-39(40-34(43)44-23-26-12-10-9-11-13-26)21-20-37(7)27(33(32)39)14-15-30-36(6)18-17-31(45-25(3)41)35(4,5)29(36)16-19-38(30,37)8/h24,26,29-32H,9-23H2,1-8H3,(H,40,43)/t29?,30?,31-,32?,36-,37+,38+,39+/m0/s1. The lowest BCUT2D eigenvalue weighted by Crippen LogP contribution is -2.65. The topological polar surface area (TPSA) is 81.7 Å². The molecule has 6 nitrogen and oxygen atoms in total. The predicted molar refractivity (Wildman–Crippen MR) is 176 cm³/mol. The number of carbonyl (C=O) groups excluding carboxylic acids is 3. The summed E-state index contributed by atoms with van der Waals surface area (Å²) in [6, 6.07) is 0. The molecule has 0 spiro atoms. The van der Waals surface area contributed by atoms with E-state index in [1.807, 2.05) is 0 Å². The molecule has 0 bridgehead atoms. The van der Waals surface area contributed by atoms with Gasteiger partial charge in [0, 0.05) is 24.7 Å². The summed E-state index contributed by atoms with van der Waals surface area (Å²) in [6.07, 6.45) is 14.3. The van der Waals surface area contributed by atoms with Gasteiger partial charge >= 0.3 is 12.1 Å². The van der Waals surface area contributed by atoms with Crippen molar-refractivity contribution in [1.82, 2.24) is 5.32 Å². The normalized spacial score (nSPS) is 42.7. The number of hydrogen-bond acceptors (Lipinski definition) is 5. The number of rotatable bonds is 5. The quantitative estimate of drug-likeness (QED) is 0.244. The second-order valence-corrected chi connectivity index (χ2v) is 18.0. The summed E-state index contributed by atoms with van der Waals surface area (Å²) in [7, 11) is 0. The first-order valence-corrected chi connectivity index (χ1v) is 18.5. The van der Waals surface area contributed by atoms with E-state index in [0.717, 1.165) is 64.2 Å². The van der Waals surface area contributed by atoms with E-state index < -0.39 is 5.54 Å². The molecule has 5 saturated carbocycles. The van der Waals surface area contributed by atoms with Crippen LogP contribution in [0, 0.1) is 51.2 Å². The number of alkyl carbamates (subject to hydrolysis) is 1. The second kappa shape index (κ2) is 11.4. The lowest BCUT2D eigenvalue weighted by molar-refractivity contribution is -0.212. The molecule has 3 unspecified atom stereocenters. The van der Waals surface area contributed by atoms with Crippen molar-refractivity contribution >= 4 is 17.8 Å². The van der Waals surface area contributed by atoms with Gasteiger partial charge in [0.15, 0.2) is 0 Å². The lowest BCUT2D eigenvalue weighted by atomic mass is 9.34. The summed E-state index contributed by atoms with van der Waals surface area (Å²) in [5.41, 5.74) is 2.32. The first kappa shape index (κ1) is 33.1. The third-order valence-electron chi connectivity index (χ3n) is 15.1. The Morgan fingerprint density at radius 1 is 0.889 bits per heavy atom. The molecular formula is C39H61NO5. The molecule has 45 heavy (non-hydrogen) atoms. The van der Waals surface area contributed by atoms with E-state index in [0.29, 0.717) is 30.8 Å². The van der Waals surface area contributed by atoms with Crippen LogP contribution in [0.3, 0.4) is 0 Å². The summed E-state index contributed by atoms with van der Waals surface area (Å²) >= 11 is 0. The monoisotopic (exact) mass is 623 g/mol. The molecule has 6 aliphatic rings. The van der Waals surface area contributed by atoms with Crippen molar-refractivity contribution in [3.8, 4) is 0 Å². The van der Waals surface area contributed by atoms with Crippen LogP contribution in [0.25, 0.3) is 0 Å². The second-order valence-electron chi connectivity index (χ2n) is 18.0. The summed E-state index contributed by atoms with van der Waals surface area (Å²) in [5, 5.41) is 3.39. The fraction of sp³-hybridized carbons (Fsp3) is 0.872. The number of ketones is 1. The van der Waals surface area contributed by atoms with Gasteiger partial charge in [0.05, 0.1) is 12.1 Å². The number of ether oxygens (including phenoxy) is 2. The molecule has 0 aliphatic heterocycles. The molecule has 6 rings (SSSR count). The van der Waals surface area contributed by atoms with Crippen molar-refractivity contribution in [2.45, 2.75) is 157 Å². The van der Waals surface area contributed by atoms with E-state index in [1.165, 1.54) is 30.4 Å². The maximum Gasteiger partial charge on any atom is 0.407 e. The smallest absolute Gasteiger partial charge is 0.407 e. The molecule has 8 atom stereocenters. The predicted octanol–water partition coefficient (Wildman–Crippen LogP) is 8.96. The summed E-state index contributed by atoms with van der Waals surface area (Å²) in [6.45, 7) is 18.7. The van der Waals surface area contributed by atoms with Crippen LogP contribution < -0.4 is 5.32 Å². The number of carbonyl (C=O) groups is 3. The minimum Gasteiger partial charge on any atom is -0.462 e. The van der Waals surface area contributed by atoms with Gasteiger partial charge in [-0.25, -0.2) is 4.79 Å². The molecule has 252 valence electrons. The van der Waals surface area contributed by atoms with Crippen molar-refractivity contribution < 1.29 is 23.9 Å². The number of amides is 1. The van der Waals surface area contributed by atoms with Gasteiger partial charge in [-0.3, -0.25) is 9.59 Å². The molecule has 0 radical (unpaired) electrons. The van der Waals surface area contributed by atoms with Crippen molar-refractivity contribution in [2.75, 3.05) is 6.61 Å². The van der Waals surface area contributed by atoms with Crippen molar-refractivity contribution in [2.24, 2.45) is 51.2 Å². The van der Waals surface area contributed by atoms with E-state index in [2.05, 4.69) is 53.8 Å². The molecule has 0 saturated heterocycles. The minimum absolute atomic E-state index is 0.0228. The van der Waals surface area contributed by atoms with Crippen LogP contribution >= 0.6 is 0 Å². The first-order valence-electron chi connectivity index (χ1n) is 18.5. The third-order valence-corrected chi connectivity index (χ3v) is 15.1. The van der Waals surface area contributed by atoms with Gasteiger partial charge in [0.2, 0.25) is 0 Å². The van der Waals surface area contributed by atoms with Crippen LogP contribution in [-0.4, -0.2) is 36.1 Å². The molecule has 0 aromatic carbocycles. The molecular weight excluding hydrogens is 562 g/mol. The molecule has 0 aromatic rings.